The van der Waals surface area contributed by atoms with Crippen molar-refractivity contribution in [2.75, 3.05) is 18.1 Å². The summed E-state index contributed by atoms with van der Waals surface area (Å²) in [5.41, 5.74) is 0. The van der Waals surface area contributed by atoms with E-state index in [1.165, 1.54) is 0 Å². The van der Waals surface area contributed by atoms with Crippen LogP contribution in [-0.4, -0.2) is 32.5 Å². The highest BCUT2D eigenvalue weighted by Crippen LogP contribution is 2.21. The van der Waals surface area contributed by atoms with Gasteiger partial charge < -0.3 is 4.74 Å². The molecule has 15 heavy (non-hydrogen) atoms. The van der Waals surface area contributed by atoms with E-state index in [1.54, 1.807) is 12.2 Å². The van der Waals surface area contributed by atoms with Gasteiger partial charge in [0, 0.05) is 6.42 Å². The lowest BCUT2D eigenvalue weighted by atomic mass is 10.1. The average molecular weight is 232 g/mol. The van der Waals surface area contributed by atoms with Crippen molar-refractivity contribution in [1.29, 1.82) is 0 Å². The third kappa shape index (κ3) is 4.46. The lowest BCUT2D eigenvalue weighted by Gasteiger charge is -2.06. The van der Waals surface area contributed by atoms with E-state index in [4.69, 9.17) is 4.74 Å². The molecule has 1 heterocycles. The number of allylic oxidation sites excluding steroid dienone is 1. The van der Waals surface area contributed by atoms with Crippen LogP contribution in [0.15, 0.2) is 12.2 Å². The Hall–Kier alpha value is -0.840. The largest absolute Gasteiger partial charge is 0.461 e. The van der Waals surface area contributed by atoms with Gasteiger partial charge in [-0.1, -0.05) is 12.2 Å². The molecule has 1 atom stereocenters. The third-order valence-electron chi connectivity index (χ3n) is 2.36. The monoisotopic (exact) mass is 232 g/mol. The summed E-state index contributed by atoms with van der Waals surface area (Å²) >= 11 is 0. The molecule has 5 heteroatoms. The van der Waals surface area contributed by atoms with E-state index in [9.17, 15) is 13.2 Å². The first-order valence-electron chi connectivity index (χ1n) is 5.00. The molecule has 0 aromatic rings. The van der Waals surface area contributed by atoms with Crippen molar-refractivity contribution >= 4 is 15.8 Å². The summed E-state index contributed by atoms with van der Waals surface area (Å²) in [6, 6.07) is 0. The summed E-state index contributed by atoms with van der Waals surface area (Å²) in [6.45, 7) is 2.12. The van der Waals surface area contributed by atoms with E-state index < -0.39 is 9.84 Å². The van der Waals surface area contributed by atoms with Gasteiger partial charge >= 0.3 is 5.97 Å². The summed E-state index contributed by atoms with van der Waals surface area (Å²) < 4.78 is 27.1. The maximum Gasteiger partial charge on any atom is 0.306 e. The Morgan fingerprint density at radius 1 is 1.53 bits per heavy atom. The van der Waals surface area contributed by atoms with Crippen molar-refractivity contribution in [3.63, 3.8) is 0 Å². The van der Waals surface area contributed by atoms with Gasteiger partial charge in [-0.25, -0.2) is 8.42 Å². The predicted octanol–water partition coefficient (Wildman–Crippen LogP) is 0.931. The molecule has 0 amide bonds. The molecule has 0 radical (unpaired) electrons. The van der Waals surface area contributed by atoms with E-state index in [1.807, 2.05) is 6.92 Å². The SMILES string of the molecule is C/C=C/COC(=O)C[C@H]1CCS(=O)(=O)C1. The number of carbonyl (C=O) groups is 1. The summed E-state index contributed by atoms with van der Waals surface area (Å²) in [6.07, 6.45) is 4.34. The molecule has 1 aliphatic rings. The van der Waals surface area contributed by atoms with E-state index in [0.717, 1.165) is 0 Å². The van der Waals surface area contributed by atoms with Crippen molar-refractivity contribution in [1.82, 2.24) is 0 Å². The molecule has 0 bridgehead atoms. The Balaban J connectivity index is 2.28. The first kappa shape index (κ1) is 12.2. The second kappa shape index (κ2) is 5.30. The minimum Gasteiger partial charge on any atom is -0.461 e. The zero-order chi connectivity index (χ0) is 11.3. The topological polar surface area (TPSA) is 60.4 Å². The third-order valence-corrected chi connectivity index (χ3v) is 4.20. The van der Waals surface area contributed by atoms with Crippen LogP contribution in [0.3, 0.4) is 0 Å². The number of hydrogen-bond donors (Lipinski definition) is 0. The molecule has 0 aromatic heterocycles. The van der Waals surface area contributed by atoms with Gasteiger partial charge in [-0.2, -0.15) is 0 Å². The highest BCUT2D eigenvalue weighted by molar-refractivity contribution is 7.91. The molecule has 0 N–H and O–H groups in total. The molecule has 0 aliphatic carbocycles. The minimum atomic E-state index is -2.89. The van der Waals surface area contributed by atoms with Gasteiger partial charge in [-0.15, -0.1) is 0 Å². The lowest BCUT2D eigenvalue weighted by molar-refractivity contribution is -0.143. The molecule has 0 unspecified atom stereocenters. The minimum absolute atomic E-state index is 0.0480. The van der Waals surface area contributed by atoms with Crippen LogP contribution in [0.2, 0.25) is 0 Å². The van der Waals surface area contributed by atoms with Crippen LogP contribution in [0.4, 0.5) is 0 Å². The highest BCUT2D eigenvalue weighted by atomic mass is 32.2. The summed E-state index contributed by atoms with van der Waals surface area (Å²) in [4.78, 5) is 11.2. The number of carbonyl (C=O) groups excluding carboxylic acids is 1. The standard InChI is InChI=1S/C10H16O4S/c1-2-3-5-14-10(11)7-9-4-6-15(12,13)8-9/h2-3,9H,4-8H2,1H3/b3-2+/t9-/m1/s1. The molecule has 4 nitrogen and oxygen atoms in total. The van der Waals surface area contributed by atoms with Crippen molar-refractivity contribution in [2.24, 2.45) is 5.92 Å². The second-order valence-corrected chi connectivity index (χ2v) is 5.95. The zero-order valence-electron chi connectivity index (χ0n) is 8.81. The fraction of sp³-hybridized carbons (Fsp3) is 0.700. The van der Waals surface area contributed by atoms with Gasteiger partial charge in [0.15, 0.2) is 9.84 Å². The van der Waals surface area contributed by atoms with Crippen molar-refractivity contribution < 1.29 is 17.9 Å². The Labute approximate surface area is 90.2 Å². The van der Waals surface area contributed by atoms with Crippen LogP contribution in [0.5, 0.6) is 0 Å². The molecular formula is C10H16O4S. The number of hydrogen-bond acceptors (Lipinski definition) is 4. The molecule has 0 aromatic carbocycles. The smallest absolute Gasteiger partial charge is 0.306 e. The molecular weight excluding hydrogens is 216 g/mol. The molecule has 0 saturated carbocycles. The quantitative estimate of drug-likeness (QED) is 0.534. The normalized spacial score (nSPS) is 24.5. The Kier molecular flexibility index (Phi) is 4.32. The maximum atomic E-state index is 11.2. The summed E-state index contributed by atoms with van der Waals surface area (Å²) in [5.74, 6) is -0.0192. The van der Waals surface area contributed by atoms with Crippen LogP contribution >= 0.6 is 0 Å². The van der Waals surface area contributed by atoms with E-state index in [-0.39, 0.29) is 36.4 Å². The number of esters is 1. The van der Waals surface area contributed by atoms with E-state index >= 15 is 0 Å². The number of rotatable bonds is 4. The number of ether oxygens (including phenoxy) is 1. The molecule has 1 fully saturated rings. The van der Waals surface area contributed by atoms with Crippen LogP contribution in [0.1, 0.15) is 19.8 Å². The molecule has 1 aliphatic heterocycles. The maximum absolute atomic E-state index is 11.2. The Bertz CT molecular complexity index is 342. The number of sulfone groups is 1. The van der Waals surface area contributed by atoms with Crippen LogP contribution in [0.25, 0.3) is 0 Å². The molecule has 86 valence electrons. The first-order valence-corrected chi connectivity index (χ1v) is 6.83. The van der Waals surface area contributed by atoms with Gasteiger partial charge in [-0.05, 0) is 19.3 Å². The van der Waals surface area contributed by atoms with Crippen molar-refractivity contribution in [3.05, 3.63) is 12.2 Å². The fourth-order valence-corrected chi connectivity index (χ4v) is 3.43. The van der Waals surface area contributed by atoms with Gasteiger partial charge in [0.25, 0.3) is 0 Å². The summed E-state index contributed by atoms with van der Waals surface area (Å²) in [5, 5.41) is 0. The molecule has 1 saturated heterocycles. The Morgan fingerprint density at radius 3 is 2.80 bits per heavy atom. The first-order chi connectivity index (χ1) is 7.03. The van der Waals surface area contributed by atoms with Crippen LogP contribution < -0.4 is 0 Å². The molecule has 1 rings (SSSR count). The highest BCUT2D eigenvalue weighted by Gasteiger charge is 2.29. The zero-order valence-corrected chi connectivity index (χ0v) is 9.63. The van der Waals surface area contributed by atoms with Gasteiger partial charge in [0.1, 0.15) is 6.61 Å². The Morgan fingerprint density at radius 2 is 2.27 bits per heavy atom. The van der Waals surface area contributed by atoms with Crippen LogP contribution in [0, 0.1) is 5.92 Å². The fourth-order valence-electron chi connectivity index (χ4n) is 1.56. The van der Waals surface area contributed by atoms with Gasteiger partial charge in [0.2, 0.25) is 0 Å². The van der Waals surface area contributed by atoms with E-state index in [0.29, 0.717) is 6.42 Å². The lowest BCUT2D eigenvalue weighted by Crippen LogP contribution is -2.13. The van der Waals surface area contributed by atoms with Crippen molar-refractivity contribution in [3.8, 4) is 0 Å². The predicted molar refractivity (Wildman–Crippen MR) is 57.2 cm³/mol. The average Bonchev–Trinajstić information content (AvgIpc) is 2.46. The van der Waals surface area contributed by atoms with Crippen molar-refractivity contribution in [2.45, 2.75) is 19.8 Å². The molecule has 0 spiro atoms. The summed E-state index contributed by atoms with van der Waals surface area (Å²) in [7, 11) is -2.89. The second-order valence-electron chi connectivity index (χ2n) is 3.73. The van der Waals surface area contributed by atoms with Gasteiger partial charge in [0.05, 0.1) is 11.5 Å². The van der Waals surface area contributed by atoms with E-state index in [2.05, 4.69) is 0 Å². The van der Waals surface area contributed by atoms with Crippen LogP contribution in [-0.2, 0) is 19.4 Å². The van der Waals surface area contributed by atoms with Gasteiger partial charge in [-0.3, -0.25) is 4.79 Å².